The smallest absolute Gasteiger partial charge is 0.134 e. The Bertz CT molecular complexity index is 607. The van der Waals surface area contributed by atoms with Crippen molar-refractivity contribution in [3.05, 3.63) is 47.2 Å². The van der Waals surface area contributed by atoms with Crippen molar-refractivity contribution in [2.24, 2.45) is 0 Å². The molecule has 2 nitrogen and oxygen atoms in total. The Kier molecular flexibility index (Phi) is 3.43. The Labute approximate surface area is 113 Å². The highest BCUT2D eigenvalue weighted by Gasteiger charge is 2.22. The highest BCUT2D eigenvalue weighted by Crippen LogP contribution is 2.36. The van der Waals surface area contributed by atoms with Crippen LogP contribution in [0.2, 0.25) is 0 Å². The second-order valence-corrected chi connectivity index (χ2v) is 5.35. The Balaban J connectivity index is 2.03. The van der Waals surface area contributed by atoms with Crippen LogP contribution >= 0.6 is 0 Å². The summed E-state index contributed by atoms with van der Waals surface area (Å²) >= 11 is 0. The van der Waals surface area contributed by atoms with E-state index in [1.165, 1.54) is 19.3 Å². The first kappa shape index (κ1) is 12.5. The Morgan fingerprint density at radius 1 is 1.16 bits per heavy atom. The van der Waals surface area contributed by atoms with E-state index in [1.807, 2.05) is 31.2 Å². The molecule has 0 radical (unpaired) electrons. The lowest BCUT2D eigenvalue weighted by Gasteiger charge is -2.14. The number of aryl methyl sites for hydroxylation is 1. The van der Waals surface area contributed by atoms with Crippen molar-refractivity contribution in [1.29, 1.82) is 0 Å². The third-order valence-corrected chi connectivity index (χ3v) is 4.02. The molecular formula is C17H20O2. The van der Waals surface area contributed by atoms with Crippen molar-refractivity contribution in [3.8, 4) is 0 Å². The molecule has 1 atom stereocenters. The lowest BCUT2D eigenvalue weighted by Crippen LogP contribution is -2.02. The molecule has 19 heavy (non-hydrogen) atoms. The van der Waals surface area contributed by atoms with Crippen LogP contribution in [0.1, 0.15) is 49.5 Å². The van der Waals surface area contributed by atoms with Crippen LogP contribution < -0.4 is 0 Å². The van der Waals surface area contributed by atoms with Crippen LogP contribution in [0.3, 0.4) is 0 Å². The number of aliphatic hydroxyl groups excluding tert-OH is 1. The van der Waals surface area contributed by atoms with Crippen LogP contribution in [0, 0.1) is 6.92 Å². The number of benzene rings is 1. The van der Waals surface area contributed by atoms with Crippen molar-refractivity contribution in [2.45, 2.75) is 45.1 Å². The predicted molar refractivity (Wildman–Crippen MR) is 77.1 cm³/mol. The first-order valence-electron chi connectivity index (χ1n) is 7.12. The molecule has 1 aromatic heterocycles. The quantitative estimate of drug-likeness (QED) is 0.792. The second kappa shape index (κ2) is 5.22. The van der Waals surface area contributed by atoms with Crippen molar-refractivity contribution >= 4 is 11.0 Å². The molecule has 1 heterocycles. The van der Waals surface area contributed by atoms with E-state index in [0.29, 0.717) is 0 Å². The Morgan fingerprint density at radius 3 is 2.89 bits per heavy atom. The van der Waals surface area contributed by atoms with E-state index in [-0.39, 0.29) is 0 Å². The van der Waals surface area contributed by atoms with Crippen molar-refractivity contribution in [2.75, 3.05) is 0 Å². The SMILES string of the molecule is Cc1oc2ccccc2c1C(O)C1=CCCCCC1. The maximum Gasteiger partial charge on any atom is 0.134 e. The molecular weight excluding hydrogens is 236 g/mol. The van der Waals surface area contributed by atoms with Gasteiger partial charge in [0, 0.05) is 10.9 Å². The summed E-state index contributed by atoms with van der Waals surface area (Å²) in [4.78, 5) is 0. The van der Waals surface area contributed by atoms with Gasteiger partial charge in [0.05, 0.1) is 0 Å². The number of fused-ring (bicyclic) bond motifs is 1. The van der Waals surface area contributed by atoms with Gasteiger partial charge < -0.3 is 9.52 Å². The van der Waals surface area contributed by atoms with Gasteiger partial charge in [0.2, 0.25) is 0 Å². The summed E-state index contributed by atoms with van der Waals surface area (Å²) in [7, 11) is 0. The minimum atomic E-state index is -0.512. The van der Waals surface area contributed by atoms with E-state index < -0.39 is 6.10 Å². The van der Waals surface area contributed by atoms with Gasteiger partial charge in [-0.1, -0.05) is 30.7 Å². The molecule has 0 bridgehead atoms. The zero-order chi connectivity index (χ0) is 13.2. The van der Waals surface area contributed by atoms with Gasteiger partial charge in [-0.05, 0) is 44.2 Å². The van der Waals surface area contributed by atoms with E-state index in [0.717, 1.165) is 40.7 Å². The molecule has 0 saturated carbocycles. The molecule has 0 spiro atoms. The third-order valence-electron chi connectivity index (χ3n) is 4.02. The number of hydrogen-bond acceptors (Lipinski definition) is 2. The van der Waals surface area contributed by atoms with Gasteiger partial charge in [0.15, 0.2) is 0 Å². The molecule has 1 aliphatic rings. The lowest BCUT2D eigenvalue weighted by atomic mass is 9.96. The first-order valence-corrected chi connectivity index (χ1v) is 7.12. The lowest BCUT2D eigenvalue weighted by molar-refractivity contribution is 0.209. The van der Waals surface area contributed by atoms with E-state index in [4.69, 9.17) is 4.42 Å². The monoisotopic (exact) mass is 256 g/mol. The number of aliphatic hydroxyl groups is 1. The summed E-state index contributed by atoms with van der Waals surface area (Å²) in [6.45, 7) is 1.94. The highest BCUT2D eigenvalue weighted by molar-refractivity contribution is 5.83. The Morgan fingerprint density at radius 2 is 2.00 bits per heavy atom. The van der Waals surface area contributed by atoms with Gasteiger partial charge >= 0.3 is 0 Å². The summed E-state index contributed by atoms with van der Waals surface area (Å²) < 4.78 is 5.76. The standard InChI is InChI=1S/C17H20O2/c1-12-16(14-10-6-7-11-15(14)19-12)17(18)13-8-4-2-3-5-9-13/h6-8,10-11,17-18H,2-5,9H2,1H3. The van der Waals surface area contributed by atoms with Crippen molar-refractivity contribution < 1.29 is 9.52 Å². The molecule has 0 saturated heterocycles. The fourth-order valence-corrected chi connectivity index (χ4v) is 3.00. The minimum Gasteiger partial charge on any atom is -0.461 e. The number of hydrogen-bond donors (Lipinski definition) is 1. The average Bonchev–Trinajstić information content (AvgIpc) is 2.61. The number of furan rings is 1. The van der Waals surface area contributed by atoms with Gasteiger partial charge in [-0.3, -0.25) is 0 Å². The topological polar surface area (TPSA) is 33.4 Å². The van der Waals surface area contributed by atoms with Crippen LogP contribution in [-0.4, -0.2) is 5.11 Å². The van der Waals surface area contributed by atoms with Crippen molar-refractivity contribution in [3.63, 3.8) is 0 Å². The van der Waals surface area contributed by atoms with Crippen LogP contribution in [0.15, 0.2) is 40.3 Å². The molecule has 2 aromatic rings. The van der Waals surface area contributed by atoms with Gasteiger partial charge in [-0.2, -0.15) is 0 Å². The average molecular weight is 256 g/mol. The zero-order valence-electron chi connectivity index (χ0n) is 11.4. The van der Waals surface area contributed by atoms with Crippen LogP contribution in [-0.2, 0) is 0 Å². The molecule has 1 N–H and O–H groups in total. The molecule has 3 rings (SSSR count). The summed E-state index contributed by atoms with van der Waals surface area (Å²) in [6.07, 6.45) is 7.47. The first-order chi connectivity index (χ1) is 9.27. The fraction of sp³-hybridized carbons (Fsp3) is 0.412. The van der Waals surface area contributed by atoms with Crippen molar-refractivity contribution in [1.82, 2.24) is 0 Å². The molecule has 1 unspecified atom stereocenters. The van der Waals surface area contributed by atoms with Crippen LogP contribution in [0.5, 0.6) is 0 Å². The molecule has 2 heteroatoms. The normalized spacial score (nSPS) is 18.1. The largest absolute Gasteiger partial charge is 0.461 e. The molecule has 1 aromatic carbocycles. The Hall–Kier alpha value is -1.54. The van der Waals surface area contributed by atoms with Crippen LogP contribution in [0.4, 0.5) is 0 Å². The molecule has 1 aliphatic carbocycles. The van der Waals surface area contributed by atoms with Gasteiger partial charge in [-0.15, -0.1) is 0 Å². The summed E-state index contributed by atoms with van der Waals surface area (Å²) in [6, 6.07) is 7.95. The predicted octanol–water partition coefficient (Wildman–Crippen LogP) is 4.67. The second-order valence-electron chi connectivity index (χ2n) is 5.35. The molecule has 0 fully saturated rings. The van der Waals surface area contributed by atoms with Gasteiger partial charge in [0.1, 0.15) is 17.4 Å². The highest BCUT2D eigenvalue weighted by atomic mass is 16.3. The van der Waals surface area contributed by atoms with E-state index in [1.54, 1.807) is 0 Å². The number of para-hydroxylation sites is 1. The molecule has 100 valence electrons. The maximum absolute atomic E-state index is 10.7. The maximum atomic E-state index is 10.7. The van der Waals surface area contributed by atoms with Gasteiger partial charge in [-0.25, -0.2) is 0 Å². The minimum absolute atomic E-state index is 0.512. The fourth-order valence-electron chi connectivity index (χ4n) is 3.00. The summed E-state index contributed by atoms with van der Waals surface area (Å²) in [5.41, 5.74) is 2.97. The number of rotatable bonds is 2. The van der Waals surface area contributed by atoms with Gasteiger partial charge in [0.25, 0.3) is 0 Å². The number of allylic oxidation sites excluding steroid dienone is 1. The zero-order valence-corrected chi connectivity index (χ0v) is 11.4. The molecule has 0 amide bonds. The van der Waals surface area contributed by atoms with E-state index in [2.05, 4.69) is 6.08 Å². The van der Waals surface area contributed by atoms with Crippen LogP contribution in [0.25, 0.3) is 11.0 Å². The molecule has 0 aliphatic heterocycles. The summed E-state index contributed by atoms with van der Waals surface area (Å²) in [5.74, 6) is 0.832. The van der Waals surface area contributed by atoms with E-state index >= 15 is 0 Å². The third kappa shape index (κ3) is 2.33. The summed E-state index contributed by atoms with van der Waals surface area (Å²) in [5, 5.41) is 11.7. The van der Waals surface area contributed by atoms with E-state index in [9.17, 15) is 5.11 Å².